The summed E-state index contributed by atoms with van der Waals surface area (Å²) in [4.78, 5) is 29.3. The largest absolute Gasteiger partial charge is 0.497 e. The summed E-state index contributed by atoms with van der Waals surface area (Å²) < 4.78 is 16.1. The van der Waals surface area contributed by atoms with Gasteiger partial charge in [-0.05, 0) is 31.5 Å². The van der Waals surface area contributed by atoms with E-state index in [9.17, 15) is 9.59 Å². The Hall–Kier alpha value is -3.59. The van der Waals surface area contributed by atoms with Crippen molar-refractivity contribution in [2.24, 2.45) is 5.10 Å². The summed E-state index contributed by atoms with van der Waals surface area (Å²) >= 11 is 0. The highest BCUT2D eigenvalue weighted by atomic mass is 16.6. The number of nitrogens with zero attached hydrogens (tertiary/aromatic N) is 4. The maximum absolute atomic E-state index is 13.6. The van der Waals surface area contributed by atoms with Gasteiger partial charge in [0.25, 0.3) is 5.91 Å². The number of benzene rings is 2. The Labute approximate surface area is 212 Å². The van der Waals surface area contributed by atoms with Gasteiger partial charge in [-0.3, -0.25) is 9.69 Å². The van der Waals surface area contributed by atoms with Crippen molar-refractivity contribution in [1.29, 1.82) is 0 Å². The lowest BCUT2D eigenvalue weighted by atomic mass is 9.97. The number of amides is 2. The molecule has 0 unspecified atom stereocenters. The molecule has 2 aromatic carbocycles. The Morgan fingerprint density at radius 3 is 2.47 bits per heavy atom. The van der Waals surface area contributed by atoms with Crippen molar-refractivity contribution < 1.29 is 23.8 Å². The van der Waals surface area contributed by atoms with Gasteiger partial charge < -0.3 is 19.1 Å². The molecule has 9 heteroatoms. The first-order valence-corrected chi connectivity index (χ1v) is 12.3. The molecule has 0 radical (unpaired) electrons. The van der Waals surface area contributed by atoms with E-state index >= 15 is 0 Å². The van der Waals surface area contributed by atoms with Gasteiger partial charge in [0.05, 0.1) is 39.1 Å². The topological polar surface area (TPSA) is 83.9 Å². The molecule has 1 atom stereocenters. The van der Waals surface area contributed by atoms with Crippen LogP contribution in [0.5, 0.6) is 11.5 Å². The second-order valence-corrected chi connectivity index (χ2v) is 8.94. The van der Waals surface area contributed by atoms with Gasteiger partial charge in [0.2, 0.25) is 0 Å². The summed E-state index contributed by atoms with van der Waals surface area (Å²) in [6.07, 6.45) is 0.274. The molecule has 2 amide bonds. The van der Waals surface area contributed by atoms with Crippen LogP contribution in [0.4, 0.5) is 4.79 Å². The van der Waals surface area contributed by atoms with E-state index in [0.717, 1.165) is 22.4 Å². The van der Waals surface area contributed by atoms with Gasteiger partial charge in [-0.1, -0.05) is 29.8 Å². The van der Waals surface area contributed by atoms with Crippen molar-refractivity contribution in [3.8, 4) is 11.5 Å². The van der Waals surface area contributed by atoms with Gasteiger partial charge in [-0.15, -0.1) is 0 Å². The van der Waals surface area contributed by atoms with Gasteiger partial charge in [0.1, 0.15) is 11.5 Å². The molecule has 0 saturated carbocycles. The average Bonchev–Trinajstić information content (AvgIpc) is 3.34. The molecule has 0 N–H and O–H groups in total. The smallest absolute Gasteiger partial charge is 0.409 e. The zero-order chi connectivity index (χ0) is 25.7. The quantitative estimate of drug-likeness (QED) is 0.586. The van der Waals surface area contributed by atoms with Crippen LogP contribution >= 0.6 is 0 Å². The summed E-state index contributed by atoms with van der Waals surface area (Å²) in [6.45, 7) is 6.66. The number of piperazine rings is 1. The third-order valence-corrected chi connectivity index (χ3v) is 6.57. The van der Waals surface area contributed by atoms with Crippen LogP contribution in [0, 0.1) is 6.92 Å². The first-order valence-electron chi connectivity index (χ1n) is 12.3. The second kappa shape index (κ2) is 11.4. The highest BCUT2D eigenvalue weighted by Crippen LogP contribution is 2.39. The maximum atomic E-state index is 13.6. The normalized spacial score (nSPS) is 18.1. The number of rotatable bonds is 7. The molecule has 0 bridgehead atoms. The van der Waals surface area contributed by atoms with Crippen LogP contribution in [0.1, 0.15) is 36.1 Å². The predicted octanol–water partition coefficient (Wildman–Crippen LogP) is 3.46. The zero-order valence-electron chi connectivity index (χ0n) is 21.4. The number of methoxy groups -OCH3 is 2. The van der Waals surface area contributed by atoms with Gasteiger partial charge in [0, 0.05) is 44.2 Å². The summed E-state index contributed by atoms with van der Waals surface area (Å²) in [6, 6.07) is 13.5. The molecular weight excluding hydrogens is 460 g/mol. The molecule has 0 spiro atoms. The van der Waals surface area contributed by atoms with Crippen LogP contribution in [-0.2, 0) is 9.53 Å². The Morgan fingerprint density at radius 2 is 1.81 bits per heavy atom. The van der Waals surface area contributed by atoms with Gasteiger partial charge in [-0.2, -0.15) is 5.10 Å². The van der Waals surface area contributed by atoms with E-state index in [1.54, 1.807) is 31.1 Å². The molecule has 1 saturated heterocycles. The van der Waals surface area contributed by atoms with E-state index in [1.807, 2.05) is 43.3 Å². The molecule has 2 aliphatic heterocycles. The molecule has 1 fully saturated rings. The maximum Gasteiger partial charge on any atom is 0.409 e. The number of hydrogen-bond donors (Lipinski definition) is 0. The second-order valence-electron chi connectivity index (χ2n) is 8.94. The van der Waals surface area contributed by atoms with Gasteiger partial charge >= 0.3 is 6.09 Å². The lowest BCUT2D eigenvalue weighted by molar-refractivity contribution is -0.134. The van der Waals surface area contributed by atoms with E-state index in [-0.39, 0.29) is 24.6 Å². The van der Waals surface area contributed by atoms with Crippen LogP contribution in [0.25, 0.3) is 0 Å². The number of hydrogen-bond acceptors (Lipinski definition) is 7. The van der Waals surface area contributed by atoms with Crippen LogP contribution in [-0.4, -0.2) is 86.1 Å². The predicted molar refractivity (Wildman–Crippen MR) is 137 cm³/mol. The summed E-state index contributed by atoms with van der Waals surface area (Å²) in [5.41, 5.74) is 3.89. The molecule has 9 nitrogen and oxygen atoms in total. The molecule has 36 heavy (non-hydrogen) atoms. The summed E-state index contributed by atoms with van der Waals surface area (Å²) in [5, 5.41) is 6.41. The monoisotopic (exact) mass is 494 g/mol. The number of carbonyl (C=O) groups excluding carboxylic acids is 2. The van der Waals surface area contributed by atoms with Crippen LogP contribution < -0.4 is 9.47 Å². The van der Waals surface area contributed by atoms with Gasteiger partial charge in [0.15, 0.2) is 0 Å². The lowest BCUT2D eigenvalue weighted by Crippen LogP contribution is -2.51. The summed E-state index contributed by atoms with van der Waals surface area (Å²) in [7, 11) is 3.23. The lowest BCUT2D eigenvalue weighted by Gasteiger charge is -2.34. The van der Waals surface area contributed by atoms with Crippen molar-refractivity contribution >= 4 is 17.7 Å². The van der Waals surface area contributed by atoms with E-state index in [0.29, 0.717) is 50.7 Å². The third-order valence-electron chi connectivity index (χ3n) is 6.57. The Kier molecular flexibility index (Phi) is 8.10. The highest BCUT2D eigenvalue weighted by Gasteiger charge is 2.36. The fourth-order valence-electron chi connectivity index (χ4n) is 4.64. The van der Waals surface area contributed by atoms with E-state index in [2.05, 4.69) is 11.0 Å². The third kappa shape index (κ3) is 5.62. The molecule has 4 rings (SSSR count). The SMILES string of the molecule is CCOC(=O)N1CCN(CC(=O)N2N=C(c3cccc(C)c3)C[C@@H]2c2ccc(OC)cc2OC)CC1. The molecule has 2 heterocycles. The molecular formula is C27H34N4O5. The first-order chi connectivity index (χ1) is 17.4. The molecule has 2 aliphatic rings. The number of hydrazone groups is 1. The standard InChI is InChI=1S/C27H34N4O5/c1-5-36-27(33)30-13-11-29(12-14-30)18-26(32)31-24(22-10-9-21(34-3)16-25(22)35-4)17-23(28-31)20-8-6-7-19(2)15-20/h6-10,15-16,24H,5,11-14,17-18H2,1-4H3/t24-/m1/s1. The van der Waals surface area contributed by atoms with Crippen LogP contribution in [0.15, 0.2) is 47.6 Å². The molecule has 0 aliphatic carbocycles. The van der Waals surface area contributed by atoms with E-state index in [1.165, 1.54) is 0 Å². The Balaban J connectivity index is 1.55. The van der Waals surface area contributed by atoms with Crippen LogP contribution in [0.2, 0.25) is 0 Å². The zero-order valence-corrected chi connectivity index (χ0v) is 21.4. The van der Waals surface area contributed by atoms with E-state index < -0.39 is 0 Å². The average molecular weight is 495 g/mol. The van der Waals surface area contributed by atoms with Crippen molar-refractivity contribution in [1.82, 2.24) is 14.8 Å². The Bertz CT molecular complexity index is 1130. The number of ether oxygens (including phenoxy) is 3. The molecule has 2 aromatic rings. The van der Waals surface area contributed by atoms with Crippen molar-refractivity contribution in [3.63, 3.8) is 0 Å². The summed E-state index contributed by atoms with van der Waals surface area (Å²) in [5.74, 6) is 1.25. The Morgan fingerprint density at radius 1 is 1.03 bits per heavy atom. The molecule has 0 aromatic heterocycles. The minimum atomic E-state index is -0.304. The van der Waals surface area contributed by atoms with Crippen LogP contribution in [0.3, 0.4) is 0 Å². The molecule has 192 valence electrons. The minimum Gasteiger partial charge on any atom is -0.497 e. The van der Waals surface area contributed by atoms with E-state index in [4.69, 9.17) is 19.3 Å². The van der Waals surface area contributed by atoms with Crippen molar-refractivity contribution in [2.75, 3.05) is 53.6 Å². The fourth-order valence-corrected chi connectivity index (χ4v) is 4.64. The first kappa shape index (κ1) is 25.5. The fraction of sp³-hybridized carbons (Fsp3) is 0.444. The highest BCUT2D eigenvalue weighted by molar-refractivity contribution is 6.03. The van der Waals surface area contributed by atoms with Gasteiger partial charge in [-0.25, -0.2) is 9.80 Å². The van der Waals surface area contributed by atoms with Crippen molar-refractivity contribution in [2.45, 2.75) is 26.3 Å². The number of aryl methyl sites for hydroxylation is 1. The minimum absolute atomic E-state index is 0.0925. The number of carbonyl (C=O) groups is 2. The van der Waals surface area contributed by atoms with Crippen molar-refractivity contribution in [3.05, 3.63) is 59.2 Å².